The predicted octanol–water partition coefficient (Wildman–Crippen LogP) is 2.84. The number of benzene rings is 2. The quantitative estimate of drug-likeness (QED) is 0.330. The van der Waals surface area contributed by atoms with E-state index >= 15 is 0 Å². The number of nitrogens with one attached hydrogen (secondary N) is 2. The van der Waals surface area contributed by atoms with Crippen LogP contribution in [0.2, 0.25) is 0 Å². The standard InChI is InChI=1S/C29H41N3O5/c1-6-13-32(14-7-2)29(37)24-16-19(3)15-23(18-24)28(36)31-25(17-22-11-9-8-10-12-22)27(35)26(34)20(4)30-21(5)33/h8-12,15-16,18,20,25-27,34-35H,6-7,13-14,17H2,1-5H3,(H,30,33)(H,31,36)/t20-,25+,26-,27-/m1/s1. The molecule has 0 saturated heterocycles. The SMILES string of the molecule is CCCN(CCC)C(=O)c1cc(C)cc(C(=O)N[C@@H](Cc2ccccc2)[C@@H](O)[C@H](O)[C@@H](C)NC(C)=O)c1. The Balaban J connectivity index is 2.32. The molecule has 0 aromatic heterocycles. The molecule has 0 aliphatic carbocycles. The number of aliphatic hydroxyl groups is 2. The molecule has 8 nitrogen and oxygen atoms in total. The Labute approximate surface area is 220 Å². The number of nitrogens with zero attached hydrogens (tertiary/aromatic N) is 1. The number of amides is 3. The van der Waals surface area contributed by atoms with E-state index in [-0.39, 0.29) is 18.2 Å². The van der Waals surface area contributed by atoms with Crippen LogP contribution in [0.15, 0.2) is 48.5 Å². The van der Waals surface area contributed by atoms with Crippen molar-refractivity contribution in [3.8, 4) is 0 Å². The Bertz CT molecular complexity index is 1040. The van der Waals surface area contributed by atoms with Crippen molar-refractivity contribution in [2.75, 3.05) is 13.1 Å². The Hall–Kier alpha value is -3.23. The molecule has 0 fully saturated rings. The maximum absolute atomic E-state index is 13.4. The molecule has 8 heteroatoms. The molecule has 0 aliphatic rings. The second-order valence-electron chi connectivity index (χ2n) is 9.62. The minimum absolute atomic E-state index is 0.123. The second-order valence-corrected chi connectivity index (χ2v) is 9.62. The predicted molar refractivity (Wildman–Crippen MR) is 144 cm³/mol. The number of aryl methyl sites for hydroxylation is 1. The van der Waals surface area contributed by atoms with E-state index in [1.54, 1.807) is 30.0 Å². The number of aliphatic hydroxyl groups excluding tert-OH is 2. The van der Waals surface area contributed by atoms with E-state index in [2.05, 4.69) is 10.6 Å². The van der Waals surface area contributed by atoms with Gasteiger partial charge in [-0.25, -0.2) is 0 Å². The summed E-state index contributed by atoms with van der Waals surface area (Å²) in [5.74, 6) is -0.920. The van der Waals surface area contributed by atoms with Gasteiger partial charge < -0.3 is 25.7 Å². The smallest absolute Gasteiger partial charge is 0.253 e. The molecular formula is C29H41N3O5. The number of carbonyl (C=O) groups is 3. The van der Waals surface area contributed by atoms with Crippen LogP contribution in [0.5, 0.6) is 0 Å². The lowest BCUT2D eigenvalue weighted by atomic mass is 9.94. The van der Waals surface area contributed by atoms with Crippen LogP contribution in [-0.2, 0) is 11.2 Å². The Morgan fingerprint density at radius 3 is 2.05 bits per heavy atom. The lowest BCUT2D eigenvalue weighted by Crippen LogP contribution is -2.55. The molecule has 4 N–H and O–H groups in total. The van der Waals surface area contributed by atoms with Gasteiger partial charge in [0.25, 0.3) is 11.8 Å². The van der Waals surface area contributed by atoms with Gasteiger partial charge in [-0.3, -0.25) is 14.4 Å². The fourth-order valence-corrected chi connectivity index (χ4v) is 4.39. The lowest BCUT2D eigenvalue weighted by molar-refractivity contribution is -0.121. The van der Waals surface area contributed by atoms with Crippen LogP contribution < -0.4 is 10.6 Å². The molecule has 0 heterocycles. The van der Waals surface area contributed by atoms with Gasteiger partial charge in [0, 0.05) is 31.1 Å². The van der Waals surface area contributed by atoms with Crippen LogP contribution in [0.3, 0.4) is 0 Å². The van der Waals surface area contributed by atoms with Crippen LogP contribution in [0.4, 0.5) is 0 Å². The molecule has 2 rings (SSSR count). The monoisotopic (exact) mass is 511 g/mol. The Kier molecular flexibility index (Phi) is 11.8. The van der Waals surface area contributed by atoms with Crippen LogP contribution in [-0.4, -0.2) is 70.2 Å². The van der Waals surface area contributed by atoms with Gasteiger partial charge in [0.2, 0.25) is 5.91 Å². The van der Waals surface area contributed by atoms with Crippen molar-refractivity contribution in [3.05, 3.63) is 70.8 Å². The molecule has 3 amide bonds. The van der Waals surface area contributed by atoms with Gasteiger partial charge in [-0.15, -0.1) is 0 Å². The highest BCUT2D eigenvalue weighted by molar-refractivity contribution is 6.00. The average Bonchev–Trinajstić information content (AvgIpc) is 2.86. The summed E-state index contributed by atoms with van der Waals surface area (Å²) >= 11 is 0. The first kappa shape index (κ1) is 30.0. The molecule has 2 aromatic rings. The van der Waals surface area contributed by atoms with E-state index < -0.39 is 30.2 Å². The molecule has 0 saturated carbocycles. The second kappa shape index (κ2) is 14.5. The number of carbonyl (C=O) groups excluding carboxylic acids is 3. The molecule has 37 heavy (non-hydrogen) atoms. The molecule has 0 spiro atoms. The summed E-state index contributed by atoms with van der Waals surface area (Å²) in [6, 6.07) is 12.8. The van der Waals surface area contributed by atoms with Crippen molar-refractivity contribution in [3.63, 3.8) is 0 Å². The van der Waals surface area contributed by atoms with Crippen molar-refractivity contribution in [1.82, 2.24) is 15.5 Å². The van der Waals surface area contributed by atoms with Crippen LogP contribution >= 0.6 is 0 Å². The summed E-state index contributed by atoms with van der Waals surface area (Å²) in [5.41, 5.74) is 2.36. The molecular weight excluding hydrogens is 470 g/mol. The highest BCUT2D eigenvalue weighted by atomic mass is 16.3. The zero-order valence-corrected chi connectivity index (χ0v) is 22.5. The van der Waals surface area contributed by atoms with Gasteiger partial charge in [0.15, 0.2) is 0 Å². The van der Waals surface area contributed by atoms with Crippen LogP contribution in [0, 0.1) is 6.92 Å². The van der Waals surface area contributed by atoms with Gasteiger partial charge in [-0.05, 0) is 62.4 Å². The highest BCUT2D eigenvalue weighted by Gasteiger charge is 2.32. The maximum Gasteiger partial charge on any atom is 0.253 e. The van der Waals surface area contributed by atoms with Crippen LogP contribution in [0.1, 0.15) is 72.4 Å². The lowest BCUT2D eigenvalue weighted by Gasteiger charge is -2.31. The molecule has 0 unspecified atom stereocenters. The fraction of sp³-hybridized carbons (Fsp3) is 0.483. The third-order valence-corrected chi connectivity index (χ3v) is 6.18. The van der Waals surface area contributed by atoms with Gasteiger partial charge >= 0.3 is 0 Å². The normalized spacial score (nSPS) is 14.2. The van der Waals surface area contributed by atoms with E-state index in [9.17, 15) is 24.6 Å². The van der Waals surface area contributed by atoms with E-state index in [1.165, 1.54) is 6.92 Å². The zero-order valence-electron chi connectivity index (χ0n) is 22.5. The Morgan fingerprint density at radius 1 is 0.892 bits per heavy atom. The first-order chi connectivity index (χ1) is 17.6. The number of hydrogen-bond donors (Lipinski definition) is 4. The summed E-state index contributed by atoms with van der Waals surface area (Å²) in [6.07, 6.45) is -0.742. The summed E-state index contributed by atoms with van der Waals surface area (Å²) in [5, 5.41) is 27.2. The first-order valence-electron chi connectivity index (χ1n) is 13.0. The minimum Gasteiger partial charge on any atom is -0.388 e. The maximum atomic E-state index is 13.4. The molecule has 4 atom stereocenters. The van der Waals surface area contributed by atoms with Gasteiger partial charge in [-0.2, -0.15) is 0 Å². The average molecular weight is 512 g/mol. The van der Waals surface area contributed by atoms with Gasteiger partial charge in [0.05, 0.1) is 12.1 Å². The van der Waals surface area contributed by atoms with E-state index in [1.807, 2.05) is 51.1 Å². The Morgan fingerprint density at radius 2 is 1.49 bits per heavy atom. The number of hydrogen-bond acceptors (Lipinski definition) is 5. The summed E-state index contributed by atoms with van der Waals surface area (Å²) in [6.45, 7) is 10.1. The molecule has 0 aliphatic heterocycles. The zero-order chi connectivity index (χ0) is 27.5. The van der Waals surface area contributed by atoms with Gasteiger partial charge in [-0.1, -0.05) is 44.2 Å². The summed E-state index contributed by atoms with van der Waals surface area (Å²) in [7, 11) is 0. The first-order valence-corrected chi connectivity index (χ1v) is 13.0. The summed E-state index contributed by atoms with van der Waals surface area (Å²) < 4.78 is 0. The van der Waals surface area contributed by atoms with E-state index in [0.29, 0.717) is 24.2 Å². The molecule has 202 valence electrons. The van der Waals surface area contributed by atoms with E-state index in [4.69, 9.17) is 0 Å². The summed E-state index contributed by atoms with van der Waals surface area (Å²) in [4.78, 5) is 39.8. The highest BCUT2D eigenvalue weighted by Crippen LogP contribution is 2.16. The van der Waals surface area contributed by atoms with Crippen molar-refractivity contribution in [2.24, 2.45) is 0 Å². The topological polar surface area (TPSA) is 119 Å². The largest absolute Gasteiger partial charge is 0.388 e. The fourth-order valence-electron chi connectivity index (χ4n) is 4.39. The van der Waals surface area contributed by atoms with Crippen molar-refractivity contribution >= 4 is 17.7 Å². The van der Waals surface area contributed by atoms with Crippen molar-refractivity contribution < 1.29 is 24.6 Å². The van der Waals surface area contributed by atoms with Crippen molar-refractivity contribution in [2.45, 2.75) is 78.2 Å². The third kappa shape index (κ3) is 8.98. The minimum atomic E-state index is -1.36. The van der Waals surface area contributed by atoms with Crippen molar-refractivity contribution in [1.29, 1.82) is 0 Å². The van der Waals surface area contributed by atoms with Gasteiger partial charge in [0.1, 0.15) is 12.2 Å². The number of rotatable bonds is 13. The molecule has 2 aromatic carbocycles. The molecule has 0 radical (unpaired) electrons. The van der Waals surface area contributed by atoms with E-state index in [0.717, 1.165) is 24.0 Å². The molecule has 0 bridgehead atoms. The third-order valence-electron chi connectivity index (χ3n) is 6.18. The van der Waals surface area contributed by atoms with Crippen LogP contribution in [0.25, 0.3) is 0 Å².